The van der Waals surface area contributed by atoms with E-state index in [0.717, 1.165) is 12.2 Å². The van der Waals surface area contributed by atoms with E-state index in [1.807, 2.05) is 69.3 Å². The molecular weight excluding hydrogens is 380 g/mol. The van der Waals surface area contributed by atoms with Crippen molar-refractivity contribution in [2.24, 2.45) is 0 Å². The number of amides is 2. The Balaban J connectivity index is 2.01. The van der Waals surface area contributed by atoms with E-state index < -0.39 is 0 Å². The zero-order valence-corrected chi connectivity index (χ0v) is 17.7. The molecule has 1 aliphatic heterocycles. The number of rotatable bonds is 10. The van der Waals surface area contributed by atoms with Crippen molar-refractivity contribution < 1.29 is 19.1 Å². The van der Waals surface area contributed by atoms with Crippen molar-refractivity contribution in [2.45, 2.75) is 33.6 Å². The number of imide groups is 1. The van der Waals surface area contributed by atoms with Gasteiger partial charge in [0.05, 0.1) is 24.5 Å². The summed E-state index contributed by atoms with van der Waals surface area (Å²) in [7, 11) is 0. The van der Waals surface area contributed by atoms with Gasteiger partial charge in [-0.3, -0.25) is 14.5 Å². The number of nitrogens with one attached hydrogen (secondary N) is 1. The Hall–Kier alpha value is -3.28. The summed E-state index contributed by atoms with van der Waals surface area (Å²) >= 11 is 0. The molecule has 1 N–H and O–H groups in total. The van der Waals surface area contributed by atoms with Gasteiger partial charge in [-0.15, -0.1) is 0 Å². The molecule has 0 radical (unpaired) electrons. The van der Waals surface area contributed by atoms with Crippen molar-refractivity contribution >= 4 is 23.1 Å². The molecule has 0 aliphatic carbocycles. The third-order valence-corrected chi connectivity index (χ3v) is 4.68. The predicted octanol–water partition coefficient (Wildman–Crippen LogP) is 4.48. The Bertz CT molecular complexity index is 934. The largest absolute Gasteiger partial charge is 0.494 e. The van der Waals surface area contributed by atoms with Gasteiger partial charge in [0.25, 0.3) is 11.8 Å². The summed E-state index contributed by atoms with van der Waals surface area (Å²) in [5.41, 5.74) is 1.95. The first-order valence-electron chi connectivity index (χ1n) is 10.4. The normalized spacial score (nSPS) is 13.8. The Kier molecular flexibility index (Phi) is 7.12. The maximum Gasteiger partial charge on any atom is 0.278 e. The number of benzene rings is 2. The van der Waals surface area contributed by atoms with Crippen molar-refractivity contribution in [2.75, 3.05) is 25.1 Å². The Morgan fingerprint density at radius 1 is 0.867 bits per heavy atom. The Labute approximate surface area is 177 Å². The lowest BCUT2D eigenvalue weighted by Crippen LogP contribution is -2.33. The van der Waals surface area contributed by atoms with Crippen LogP contribution in [0, 0.1) is 0 Å². The molecule has 0 aromatic heterocycles. The van der Waals surface area contributed by atoms with Crippen molar-refractivity contribution in [3.8, 4) is 11.5 Å². The van der Waals surface area contributed by atoms with Crippen molar-refractivity contribution in [1.29, 1.82) is 0 Å². The molecule has 6 nitrogen and oxygen atoms in total. The molecule has 0 saturated heterocycles. The van der Waals surface area contributed by atoms with Gasteiger partial charge in [0.2, 0.25) is 0 Å². The maximum absolute atomic E-state index is 13.1. The van der Waals surface area contributed by atoms with E-state index in [1.165, 1.54) is 4.90 Å². The van der Waals surface area contributed by atoms with Gasteiger partial charge in [-0.1, -0.05) is 38.1 Å². The van der Waals surface area contributed by atoms with Crippen LogP contribution in [0.3, 0.4) is 0 Å². The highest BCUT2D eigenvalue weighted by Gasteiger charge is 2.38. The van der Waals surface area contributed by atoms with E-state index in [0.29, 0.717) is 48.8 Å². The molecule has 0 unspecified atom stereocenters. The number of hydrogen-bond acceptors (Lipinski definition) is 5. The second kappa shape index (κ2) is 9.96. The van der Waals surface area contributed by atoms with Crippen LogP contribution in [-0.2, 0) is 9.59 Å². The predicted molar refractivity (Wildman–Crippen MR) is 117 cm³/mol. The second-order valence-electron chi connectivity index (χ2n) is 6.94. The summed E-state index contributed by atoms with van der Waals surface area (Å²) in [6, 6.07) is 14.7. The lowest BCUT2D eigenvalue weighted by Gasteiger charge is -2.15. The first-order chi connectivity index (χ1) is 14.6. The van der Waals surface area contributed by atoms with Gasteiger partial charge in [-0.25, -0.2) is 0 Å². The summed E-state index contributed by atoms with van der Waals surface area (Å²) in [5.74, 6) is 0.749. The summed E-state index contributed by atoms with van der Waals surface area (Å²) in [4.78, 5) is 27.5. The summed E-state index contributed by atoms with van der Waals surface area (Å²) in [6.07, 6.45) is 1.61. The number of ether oxygens (including phenoxy) is 2. The number of para-hydroxylation sites is 2. The SMILES string of the molecule is CCCOc1ccc(C2=C(Nc3ccccc3OCC)C(=O)N(CCC)C2=O)cc1. The second-order valence-corrected chi connectivity index (χ2v) is 6.94. The first kappa shape index (κ1) is 21.4. The van der Waals surface area contributed by atoms with Crippen LogP contribution in [0.2, 0.25) is 0 Å². The molecule has 0 spiro atoms. The van der Waals surface area contributed by atoms with Gasteiger partial charge in [0.15, 0.2) is 0 Å². The molecule has 2 aromatic carbocycles. The molecule has 1 heterocycles. The number of nitrogens with zero attached hydrogens (tertiary/aromatic N) is 1. The molecular formula is C24H28N2O4. The van der Waals surface area contributed by atoms with Crippen LogP contribution in [0.1, 0.15) is 39.2 Å². The lowest BCUT2D eigenvalue weighted by atomic mass is 10.0. The van der Waals surface area contributed by atoms with E-state index in [-0.39, 0.29) is 17.5 Å². The minimum atomic E-state index is -0.325. The highest BCUT2D eigenvalue weighted by Crippen LogP contribution is 2.34. The quantitative estimate of drug-likeness (QED) is 0.587. The zero-order chi connectivity index (χ0) is 21.5. The van der Waals surface area contributed by atoms with Gasteiger partial charge in [0, 0.05) is 6.54 Å². The summed E-state index contributed by atoms with van der Waals surface area (Å²) < 4.78 is 11.3. The van der Waals surface area contributed by atoms with Crippen LogP contribution in [0.4, 0.5) is 5.69 Å². The molecule has 158 valence electrons. The molecule has 0 saturated carbocycles. The fourth-order valence-electron chi connectivity index (χ4n) is 3.31. The molecule has 0 fully saturated rings. The van der Waals surface area contributed by atoms with Gasteiger partial charge < -0.3 is 14.8 Å². The molecule has 6 heteroatoms. The number of anilines is 1. The van der Waals surface area contributed by atoms with Crippen molar-refractivity contribution in [3.63, 3.8) is 0 Å². The van der Waals surface area contributed by atoms with Gasteiger partial charge in [0.1, 0.15) is 17.2 Å². The van der Waals surface area contributed by atoms with Crippen LogP contribution in [0.15, 0.2) is 54.2 Å². The Morgan fingerprint density at radius 3 is 2.27 bits per heavy atom. The van der Waals surface area contributed by atoms with E-state index in [9.17, 15) is 9.59 Å². The van der Waals surface area contributed by atoms with Gasteiger partial charge in [-0.2, -0.15) is 0 Å². The molecule has 2 amide bonds. The number of carbonyl (C=O) groups excluding carboxylic acids is 2. The molecule has 0 bridgehead atoms. The number of carbonyl (C=O) groups is 2. The van der Waals surface area contributed by atoms with E-state index in [2.05, 4.69) is 5.32 Å². The van der Waals surface area contributed by atoms with Crippen molar-refractivity contribution in [3.05, 3.63) is 59.8 Å². The minimum Gasteiger partial charge on any atom is -0.494 e. The molecule has 2 aromatic rings. The third kappa shape index (κ3) is 4.48. The third-order valence-electron chi connectivity index (χ3n) is 4.68. The standard InChI is InChI=1S/C24H28N2O4/c1-4-15-26-23(27)21(17-11-13-18(14-12-17)30-16-5-2)22(24(26)28)25-19-9-7-8-10-20(19)29-6-3/h7-14,25H,4-6,15-16H2,1-3H3. The lowest BCUT2D eigenvalue weighted by molar-refractivity contribution is -0.136. The minimum absolute atomic E-state index is 0.267. The van der Waals surface area contributed by atoms with Crippen LogP contribution >= 0.6 is 0 Å². The van der Waals surface area contributed by atoms with E-state index >= 15 is 0 Å². The van der Waals surface area contributed by atoms with Crippen LogP contribution in [0.5, 0.6) is 11.5 Å². The van der Waals surface area contributed by atoms with Gasteiger partial charge >= 0.3 is 0 Å². The molecule has 1 aliphatic rings. The molecule has 3 rings (SSSR count). The van der Waals surface area contributed by atoms with Gasteiger partial charge in [-0.05, 0) is 49.6 Å². The summed E-state index contributed by atoms with van der Waals surface area (Å²) in [5, 5.41) is 3.17. The molecule has 0 atom stereocenters. The first-order valence-corrected chi connectivity index (χ1v) is 10.4. The monoisotopic (exact) mass is 408 g/mol. The highest BCUT2D eigenvalue weighted by atomic mass is 16.5. The van der Waals surface area contributed by atoms with Crippen molar-refractivity contribution in [1.82, 2.24) is 4.90 Å². The van der Waals surface area contributed by atoms with Crippen LogP contribution < -0.4 is 14.8 Å². The fourth-order valence-corrected chi connectivity index (χ4v) is 3.31. The smallest absolute Gasteiger partial charge is 0.278 e. The fraction of sp³-hybridized carbons (Fsp3) is 0.333. The zero-order valence-electron chi connectivity index (χ0n) is 17.7. The van der Waals surface area contributed by atoms with Crippen LogP contribution in [-0.4, -0.2) is 36.5 Å². The average molecular weight is 408 g/mol. The Morgan fingerprint density at radius 2 is 1.60 bits per heavy atom. The van der Waals surface area contributed by atoms with E-state index in [1.54, 1.807) is 0 Å². The highest BCUT2D eigenvalue weighted by molar-refractivity contribution is 6.36. The van der Waals surface area contributed by atoms with E-state index in [4.69, 9.17) is 9.47 Å². The van der Waals surface area contributed by atoms with Crippen LogP contribution in [0.25, 0.3) is 5.57 Å². The summed E-state index contributed by atoms with van der Waals surface area (Å²) in [6.45, 7) is 7.38. The molecule has 30 heavy (non-hydrogen) atoms. The average Bonchev–Trinajstić information content (AvgIpc) is 2.99. The maximum atomic E-state index is 13.1. The number of hydrogen-bond donors (Lipinski definition) is 1. The topological polar surface area (TPSA) is 67.9 Å².